The number of nitriles is 2. The lowest BCUT2D eigenvalue weighted by Crippen LogP contribution is -2.11. The van der Waals surface area contributed by atoms with Crippen LogP contribution in [0.4, 0.5) is 0 Å². The summed E-state index contributed by atoms with van der Waals surface area (Å²) in [6, 6.07) is 67.8. The highest BCUT2D eigenvalue weighted by molar-refractivity contribution is 6.14. The Morgan fingerprint density at radius 2 is 0.615 bits per heavy atom. The predicted octanol–water partition coefficient (Wildman–Crippen LogP) is 15.3. The number of rotatable bonds is 5. The zero-order chi connectivity index (χ0) is 44.1. The maximum Gasteiger partial charge on any atom is 0.104 e. The van der Waals surface area contributed by atoms with Gasteiger partial charge in [0.15, 0.2) is 0 Å². The first kappa shape index (κ1) is 38.1. The van der Waals surface area contributed by atoms with Crippen LogP contribution in [0.1, 0.15) is 33.4 Å². The third kappa shape index (κ3) is 5.76. The van der Waals surface area contributed by atoms with Crippen LogP contribution in [0.3, 0.4) is 0 Å². The van der Waals surface area contributed by atoms with Gasteiger partial charge in [-0.1, -0.05) is 119 Å². The van der Waals surface area contributed by atoms with Gasteiger partial charge in [0.05, 0.1) is 50.2 Å². The van der Waals surface area contributed by atoms with Gasteiger partial charge in [0.25, 0.3) is 0 Å². The molecule has 3 heterocycles. The zero-order valence-electron chi connectivity index (χ0n) is 36.5. The van der Waals surface area contributed by atoms with Gasteiger partial charge in [-0.15, -0.1) is 0 Å². The average molecular weight is 832 g/mol. The number of hydrogen-bond acceptors (Lipinski definition) is 2. The van der Waals surface area contributed by atoms with E-state index in [0.29, 0.717) is 28.2 Å². The topological polar surface area (TPSA) is 62.4 Å². The number of nitrogens with zero attached hydrogens (tertiary/aromatic N) is 5. The fraction of sp³-hybridized carbons (Fsp3) is 0.0667. The lowest BCUT2D eigenvalue weighted by molar-refractivity contribution is 1.07. The summed E-state index contributed by atoms with van der Waals surface area (Å²) in [7, 11) is 0. The molecule has 0 saturated heterocycles. The van der Waals surface area contributed by atoms with Gasteiger partial charge in [0.2, 0.25) is 0 Å². The van der Waals surface area contributed by atoms with E-state index in [9.17, 15) is 10.5 Å². The number of benzene rings is 9. The van der Waals surface area contributed by atoms with Crippen molar-refractivity contribution in [3.8, 4) is 51.5 Å². The Morgan fingerprint density at radius 3 is 0.954 bits per heavy atom. The Morgan fingerprint density at radius 1 is 0.308 bits per heavy atom. The highest BCUT2D eigenvalue weighted by atomic mass is 15.1. The van der Waals surface area contributed by atoms with E-state index < -0.39 is 0 Å². The lowest BCUT2D eigenvalue weighted by Gasteiger charge is -2.21. The molecule has 0 bridgehead atoms. The van der Waals surface area contributed by atoms with E-state index >= 15 is 0 Å². The van der Waals surface area contributed by atoms with Gasteiger partial charge in [-0.2, -0.15) is 10.5 Å². The summed E-state index contributed by atoms with van der Waals surface area (Å²) in [5.41, 5.74) is 17.6. The first-order valence-electron chi connectivity index (χ1n) is 22.0. The summed E-state index contributed by atoms with van der Waals surface area (Å²) in [6.07, 6.45) is 0. The lowest BCUT2D eigenvalue weighted by atomic mass is 10.0. The summed E-state index contributed by atoms with van der Waals surface area (Å²) in [6.45, 7) is 8.47. The molecule has 0 saturated carbocycles. The quantitative estimate of drug-likeness (QED) is 0.173. The van der Waals surface area contributed by atoms with Crippen molar-refractivity contribution in [2.45, 2.75) is 27.7 Å². The van der Waals surface area contributed by atoms with Crippen molar-refractivity contribution in [2.75, 3.05) is 0 Å². The number of fused-ring (bicyclic) bond motifs is 9. The van der Waals surface area contributed by atoms with E-state index in [2.05, 4.69) is 217 Å². The van der Waals surface area contributed by atoms with Crippen molar-refractivity contribution < 1.29 is 0 Å². The Bertz CT molecular complexity index is 3790. The number of aryl methyl sites for hydroxylation is 4. The largest absolute Gasteiger partial charge is 0.308 e. The van der Waals surface area contributed by atoms with Gasteiger partial charge in [-0.3, -0.25) is 0 Å². The molecule has 0 aliphatic rings. The third-order valence-corrected chi connectivity index (χ3v) is 13.3. The molecule has 0 atom stereocenters. The van der Waals surface area contributed by atoms with Gasteiger partial charge < -0.3 is 13.7 Å². The fourth-order valence-electron chi connectivity index (χ4n) is 10.3. The summed E-state index contributed by atoms with van der Waals surface area (Å²) >= 11 is 0. The molecule has 0 N–H and O–H groups in total. The molecule has 0 aliphatic carbocycles. The van der Waals surface area contributed by atoms with E-state index in [0.717, 1.165) is 110 Å². The van der Waals surface area contributed by atoms with Crippen LogP contribution >= 0.6 is 0 Å². The molecule has 0 aliphatic heterocycles. The third-order valence-electron chi connectivity index (χ3n) is 13.3. The fourth-order valence-corrected chi connectivity index (χ4v) is 10.3. The first-order chi connectivity index (χ1) is 31.8. The minimum Gasteiger partial charge on any atom is -0.308 e. The number of hydrogen-bond donors (Lipinski definition) is 0. The molecule has 0 radical (unpaired) electrons. The van der Waals surface area contributed by atoms with Crippen LogP contribution in [0.5, 0.6) is 0 Å². The molecule has 3 aromatic heterocycles. The van der Waals surface area contributed by atoms with Gasteiger partial charge >= 0.3 is 0 Å². The summed E-state index contributed by atoms with van der Waals surface area (Å²) in [5.74, 6) is 0. The first-order valence-corrected chi connectivity index (χ1v) is 22.0. The van der Waals surface area contributed by atoms with Crippen molar-refractivity contribution in [1.29, 1.82) is 10.5 Å². The Hall–Kier alpha value is -8.64. The van der Waals surface area contributed by atoms with Crippen molar-refractivity contribution in [3.63, 3.8) is 0 Å². The maximum atomic E-state index is 11.8. The summed E-state index contributed by atoms with van der Waals surface area (Å²) < 4.78 is 6.67. The van der Waals surface area contributed by atoms with E-state index in [1.165, 1.54) is 0 Å². The van der Waals surface area contributed by atoms with E-state index in [1.807, 2.05) is 12.1 Å². The molecule has 9 aromatic carbocycles. The Kier molecular flexibility index (Phi) is 8.47. The normalized spacial score (nSPS) is 11.7. The van der Waals surface area contributed by atoms with Crippen LogP contribution in [0.15, 0.2) is 176 Å². The highest BCUT2D eigenvalue weighted by Crippen LogP contribution is 2.44. The molecule has 306 valence electrons. The van der Waals surface area contributed by atoms with Gasteiger partial charge in [0.1, 0.15) is 23.3 Å². The second-order valence-electron chi connectivity index (χ2n) is 17.5. The van der Waals surface area contributed by atoms with Crippen molar-refractivity contribution in [2.24, 2.45) is 0 Å². The minimum absolute atomic E-state index is 0.416. The molecular weight excluding hydrogens is 791 g/mol. The monoisotopic (exact) mass is 831 g/mol. The van der Waals surface area contributed by atoms with Crippen LogP contribution in [0, 0.1) is 50.4 Å². The van der Waals surface area contributed by atoms with Gasteiger partial charge in [-0.25, -0.2) is 0 Å². The second kappa shape index (κ2) is 14.5. The van der Waals surface area contributed by atoms with Crippen LogP contribution in [0.2, 0.25) is 0 Å². The smallest absolute Gasteiger partial charge is 0.104 e. The molecule has 65 heavy (non-hydrogen) atoms. The number of aromatic nitrogens is 3. The maximum absolute atomic E-state index is 11.8. The standard InChI is InChI=1S/C60H41N5/c1-36-15-21-52-46(29-36)48-31-42(40-11-7-5-8-12-40)19-25-54(48)63(52)58-33-59(64-53-22-16-37(2)30-47(53)49-32-43(20-26-55(49)64)41-13-9-6-10-14-41)51(35-62)60(50(58)34-61)65-56-23-17-38(3)27-44(56)45-28-39(4)18-24-57(45)65/h5-33H,1-4H3. The Balaban J connectivity index is 1.27. The predicted molar refractivity (Wildman–Crippen MR) is 269 cm³/mol. The average Bonchev–Trinajstić information content (AvgIpc) is 3.95. The van der Waals surface area contributed by atoms with Crippen LogP contribution in [-0.2, 0) is 0 Å². The molecule has 12 aromatic rings. The summed E-state index contributed by atoms with van der Waals surface area (Å²) in [5, 5.41) is 30.1. The second-order valence-corrected chi connectivity index (χ2v) is 17.5. The van der Waals surface area contributed by atoms with Crippen LogP contribution < -0.4 is 0 Å². The molecule has 0 fully saturated rings. The molecule has 12 rings (SSSR count). The van der Waals surface area contributed by atoms with Crippen LogP contribution in [0.25, 0.3) is 105 Å². The molecule has 5 heteroatoms. The van der Waals surface area contributed by atoms with Gasteiger partial charge in [-0.05, 0) is 129 Å². The van der Waals surface area contributed by atoms with E-state index in [-0.39, 0.29) is 0 Å². The minimum atomic E-state index is 0.416. The van der Waals surface area contributed by atoms with E-state index in [1.54, 1.807) is 0 Å². The molecule has 5 nitrogen and oxygen atoms in total. The molecule has 0 spiro atoms. The highest BCUT2D eigenvalue weighted by Gasteiger charge is 2.29. The molecular formula is C60H41N5. The zero-order valence-corrected chi connectivity index (χ0v) is 36.5. The summed E-state index contributed by atoms with van der Waals surface area (Å²) in [4.78, 5) is 0. The SMILES string of the molecule is Cc1ccc2c(c1)c1cc(-c3ccccc3)ccc1n2-c1cc(-n2c3ccc(C)cc3c3cc(-c4ccccc4)ccc32)c(C#N)c(-n2c3ccc(C)cc3c3cc(C)ccc32)c1C#N. The molecule has 0 unspecified atom stereocenters. The van der Waals surface area contributed by atoms with Crippen molar-refractivity contribution in [3.05, 3.63) is 209 Å². The van der Waals surface area contributed by atoms with Crippen molar-refractivity contribution in [1.82, 2.24) is 13.7 Å². The van der Waals surface area contributed by atoms with Crippen LogP contribution in [-0.4, -0.2) is 13.7 Å². The molecule has 0 amide bonds. The van der Waals surface area contributed by atoms with Crippen molar-refractivity contribution >= 4 is 65.4 Å². The van der Waals surface area contributed by atoms with Gasteiger partial charge in [0, 0.05) is 32.3 Å². The Labute approximate surface area is 376 Å². The van der Waals surface area contributed by atoms with E-state index in [4.69, 9.17) is 0 Å².